The van der Waals surface area contributed by atoms with Gasteiger partial charge < -0.3 is 25.2 Å². The van der Waals surface area contributed by atoms with Crippen molar-refractivity contribution in [1.29, 1.82) is 0 Å². The van der Waals surface area contributed by atoms with E-state index in [1.165, 1.54) is 5.56 Å². The molecule has 0 bridgehead atoms. The van der Waals surface area contributed by atoms with Gasteiger partial charge in [0.25, 0.3) is 11.8 Å². The minimum absolute atomic E-state index is 0.147. The van der Waals surface area contributed by atoms with Gasteiger partial charge in [-0.1, -0.05) is 30.3 Å². The maximum absolute atomic E-state index is 13.2. The topological polar surface area (TPSA) is 116 Å². The Hall–Kier alpha value is -2.87. The third kappa shape index (κ3) is 4.30. The zero-order chi connectivity index (χ0) is 22.0. The minimum atomic E-state index is -1.22. The molecule has 8 heteroatoms. The molecule has 1 saturated carbocycles. The lowest BCUT2D eigenvalue weighted by Crippen LogP contribution is -2.67. The van der Waals surface area contributed by atoms with Crippen LogP contribution < -0.4 is 5.32 Å². The van der Waals surface area contributed by atoms with E-state index in [-0.39, 0.29) is 17.8 Å². The van der Waals surface area contributed by atoms with Crippen molar-refractivity contribution in [2.75, 3.05) is 26.3 Å². The van der Waals surface area contributed by atoms with E-state index in [0.29, 0.717) is 31.6 Å². The maximum Gasteiger partial charge on any atom is 0.322 e. The van der Waals surface area contributed by atoms with Crippen LogP contribution in [0.3, 0.4) is 0 Å². The van der Waals surface area contributed by atoms with E-state index in [9.17, 15) is 19.5 Å². The lowest BCUT2D eigenvalue weighted by atomic mass is 9.77. The Balaban J connectivity index is 1.45. The van der Waals surface area contributed by atoms with Crippen LogP contribution in [0.2, 0.25) is 0 Å². The molecule has 1 aliphatic carbocycles. The Bertz CT molecular complexity index is 885. The second kappa shape index (κ2) is 8.70. The summed E-state index contributed by atoms with van der Waals surface area (Å²) in [7, 11) is 0. The Labute approximate surface area is 180 Å². The average Bonchev–Trinajstić information content (AvgIpc) is 2.74. The highest BCUT2D eigenvalue weighted by atomic mass is 16.5. The number of carbonyl (C=O) groups excluding carboxylic acids is 2. The van der Waals surface area contributed by atoms with E-state index >= 15 is 0 Å². The predicted octanol–water partition coefficient (Wildman–Crippen LogP) is 1.97. The second-order valence-corrected chi connectivity index (χ2v) is 8.84. The van der Waals surface area contributed by atoms with E-state index in [1.54, 1.807) is 4.90 Å². The molecule has 166 valence electrons. The molecule has 0 aromatic heterocycles. The van der Waals surface area contributed by atoms with Crippen molar-refractivity contribution < 1.29 is 29.3 Å². The fourth-order valence-electron chi connectivity index (χ4n) is 4.98. The van der Waals surface area contributed by atoms with Crippen molar-refractivity contribution in [3.63, 3.8) is 0 Å². The first-order chi connectivity index (χ1) is 14.9. The molecular weight excluding hydrogens is 400 g/mol. The largest absolute Gasteiger partial charge is 0.511 e. The molecule has 1 saturated heterocycles. The van der Waals surface area contributed by atoms with Gasteiger partial charge in [-0.05, 0) is 43.1 Å². The highest BCUT2D eigenvalue weighted by Crippen LogP contribution is 2.41. The summed E-state index contributed by atoms with van der Waals surface area (Å²) >= 11 is 0. The molecule has 2 aliphatic heterocycles. The van der Waals surface area contributed by atoms with E-state index < -0.39 is 29.9 Å². The number of hydrogen-bond acceptors (Lipinski definition) is 5. The second-order valence-electron chi connectivity index (χ2n) is 8.84. The number of rotatable bonds is 6. The fourth-order valence-corrected chi connectivity index (χ4v) is 4.98. The predicted molar refractivity (Wildman–Crippen MR) is 111 cm³/mol. The van der Waals surface area contributed by atoms with Crippen LogP contribution in [0.25, 0.3) is 0 Å². The van der Waals surface area contributed by atoms with Crippen molar-refractivity contribution in [2.45, 2.75) is 43.6 Å². The van der Waals surface area contributed by atoms with Crippen LogP contribution >= 0.6 is 0 Å². The van der Waals surface area contributed by atoms with Crippen molar-refractivity contribution in [2.24, 2.45) is 5.92 Å². The van der Waals surface area contributed by atoms with E-state index in [4.69, 9.17) is 9.84 Å². The van der Waals surface area contributed by atoms with Crippen LogP contribution in [0, 0.1) is 5.92 Å². The lowest BCUT2D eigenvalue weighted by molar-refractivity contribution is -0.173. The monoisotopic (exact) mass is 428 g/mol. The van der Waals surface area contributed by atoms with Crippen molar-refractivity contribution >= 4 is 17.8 Å². The molecule has 4 rings (SSSR count). The van der Waals surface area contributed by atoms with Crippen molar-refractivity contribution in [3.05, 3.63) is 47.2 Å². The fraction of sp³-hybridized carbons (Fsp3) is 0.522. The van der Waals surface area contributed by atoms with Gasteiger partial charge in [0.05, 0.1) is 18.8 Å². The summed E-state index contributed by atoms with van der Waals surface area (Å²) in [6.45, 7) is 0.547. The molecule has 2 amide bonds. The molecule has 1 aromatic carbocycles. The molecule has 8 nitrogen and oxygen atoms in total. The van der Waals surface area contributed by atoms with Gasteiger partial charge in [0.1, 0.15) is 17.9 Å². The summed E-state index contributed by atoms with van der Waals surface area (Å²) in [6.07, 6.45) is 4.21. The third-order valence-corrected chi connectivity index (χ3v) is 6.74. The van der Waals surface area contributed by atoms with Gasteiger partial charge in [-0.3, -0.25) is 14.4 Å². The van der Waals surface area contributed by atoms with Crippen molar-refractivity contribution in [1.82, 2.24) is 10.2 Å². The summed E-state index contributed by atoms with van der Waals surface area (Å²) in [4.78, 5) is 38.1. The minimum Gasteiger partial charge on any atom is -0.511 e. The van der Waals surface area contributed by atoms with Crippen LogP contribution in [-0.4, -0.2) is 64.7 Å². The van der Waals surface area contributed by atoms with Gasteiger partial charge in [0, 0.05) is 13.0 Å². The van der Waals surface area contributed by atoms with Crippen LogP contribution in [0.4, 0.5) is 0 Å². The van der Waals surface area contributed by atoms with Crippen LogP contribution in [0.1, 0.15) is 43.6 Å². The molecule has 1 aromatic rings. The quantitative estimate of drug-likeness (QED) is 0.597. The SMILES string of the molecule is O=C(O)CNC(=O)C1=C(O)CC2(COC2)N(CC2CCC(c3ccccc3)CC2)C1=O. The number of carboxylic acid groups (broad SMARTS) is 1. The molecule has 2 heterocycles. The summed E-state index contributed by atoms with van der Waals surface area (Å²) in [5, 5.41) is 21.4. The molecule has 0 radical (unpaired) electrons. The first-order valence-corrected chi connectivity index (χ1v) is 10.8. The van der Waals surface area contributed by atoms with Gasteiger partial charge in [0.2, 0.25) is 0 Å². The Morgan fingerprint density at radius 3 is 2.39 bits per heavy atom. The van der Waals surface area contributed by atoms with Gasteiger partial charge in [-0.15, -0.1) is 0 Å². The van der Waals surface area contributed by atoms with Crippen molar-refractivity contribution in [3.8, 4) is 0 Å². The summed E-state index contributed by atoms with van der Waals surface area (Å²) in [5.74, 6) is -2.06. The molecule has 0 unspecified atom stereocenters. The van der Waals surface area contributed by atoms with Crippen LogP contribution in [0.15, 0.2) is 41.7 Å². The van der Waals surface area contributed by atoms with E-state index in [2.05, 4.69) is 29.6 Å². The standard InChI is InChI=1S/C23H28N2O6/c26-18-10-23(13-31-14-23)25(22(30)20(18)21(29)24-11-19(27)28)12-15-6-8-17(9-7-15)16-4-2-1-3-5-16/h1-5,15,17,26H,6-14H2,(H,24,29)(H,27,28). The summed E-state index contributed by atoms with van der Waals surface area (Å²) < 4.78 is 5.38. The molecule has 3 aliphatic rings. The summed E-state index contributed by atoms with van der Waals surface area (Å²) in [5.41, 5.74) is 0.384. The number of amides is 2. The van der Waals surface area contributed by atoms with Gasteiger partial charge >= 0.3 is 5.97 Å². The number of carbonyl (C=O) groups is 3. The number of benzene rings is 1. The summed E-state index contributed by atoms with van der Waals surface area (Å²) in [6, 6.07) is 10.5. The highest BCUT2D eigenvalue weighted by Gasteiger charge is 2.53. The zero-order valence-electron chi connectivity index (χ0n) is 17.4. The molecule has 0 atom stereocenters. The van der Waals surface area contributed by atoms with E-state index in [1.807, 2.05) is 6.07 Å². The highest BCUT2D eigenvalue weighted by molar-refractivity contribution is 6.19. The average molecular weight is 428 g/mol. The molecule has 2 fully saturated rings. The Morgan fingerprint density at radius 1 is 1.13 bits per heavy atom. The van der Waals surface area contributed by atoms with Gasteiger partial charge in [0.15, 0.2) is 0 Å². The van der Waals surface area contributed by atoms with E-state index in [0.717, 1.165) is 25.7 Å². The Morgan fingerprint density at radius 2 is 1.81 bits per heavy atom. The molecule has 3 N–H and O–H groups in total. The molecular formula is C23H28N2O6. The zero-order valence-corrected chi connectivity index (χ0v) is 17.4. The normalized spacial score (nSPS) is 25.3. The first-order valence-electron chi connectivity index (χ1n) is 10.8. The number of aliphatic hydroxyl groups is 1. The number of ether oxygens (including phenoxy) is 1. The third-order valence-electron chi connectivity index (χ3n) is 6.74. The van der Waals surface area contributed by atoms with Gasteiger partial charge in [-0.2, -0.15) is 0 Å². The Kier molecular flexibility index (Phi) is 6.00. The lowest BCUT2D eigenvalue weighted by Gasteiger charge is -2.53. The number of aliphatic hydroxyl groups excluding tert-OH is 1. The number of hydrogen-bond donors (Lipinski definition) is 3. The smallest absolute Gasteiger partial charge is 0.322 e. The van der Waals surface area contributed by atoms with Crippen LogP contribution in [-0.2, 0) is 19.1 Å². The van der Waals surface area contributed by atoms with Crippen LogP contribution in [0.5, 0.6) is 0 Å². The number of carboxylic acids is 1. The number of aliphatic carboxylic acids is 1. The maximum atomic E-state index is 13.2. The molecule has 31 heavy (non-hydrogen) atoms. The first kappa shape index (κ1) is 21.4. The van der Waals surface area contributed by atoms with Gasteiger partial charge in [-0.25, -0.2) is 0 Å². The molecule has 1 spiro atoms. The number of nitrogens with one attached hydrogen (secondary N) is 1. The number of nitrogens with zero attached hydrogens (tertiary/aromatic N) is 1.